The van der Waals surface area contributed by atoms with Crippen LogP contribution in [0.4, 0.5) is 29.3 Å². The Morgan fingerprint density at radius 1 is 1.00 bits per heavy atom. The number of thiophene rings is 1. The minimum absolute atomic E-state index is 0.0400. The van der Waals surface area contributed by atoms with Gasteiger partial charge in [0.05, 0.1) is 35.4 Å². The van der Waals surface area contributed by atoms with E-state index in [4.69, 9.17) is 19.2 Å². The van der Waals surface area contributed by atoms with Gasteiger partial charge in [-0.3, -0.25) is 15.2 Å². The van der Waals surface area contributed by atoms with Crippen LogP contribution in [0, 0.1) is 23.0 Å². The van der Waals surface area contributed by atoms with Crippen LogP contribution in [0.3, 0.4) is 0 Å². The lowest BCUT2D eigenvalue weighted by Crippen LogP contribution is -2.53. The van der Waals surface area contributed by atoms with Crippen LogP contribution in [-0.4, -0.2) is 93.5 Å². The van der Waals surface area contributed by atoms with E-state index in [9.17, 15) is 14.9 Å². The molecule has 1 N–H and O–H groups in total. The van der Waals surface area contributed by atoms with Crippen LogP contribution in [0.15, 0.2) is 12.4 Å². The minimum atomic E-state index is -0.812. The van der Waals surface area contributed by atoms with E-state index in [1.807, 2.05) is 25.7 Å². The number of pyridine rings is 1. The zero-order valence-corrected chi connectivity index (χ0v) is 30.7. The van der Waals surface area contributed by atoms with E-state index in [0.29, 0.717) is 61.7 Å². The van der Waals surface area contributed by atoms with Crippen molar-refractivity contribution < 1.29 is 32.6 Å². The number of carbonyl (C=O) groups is 2. The van der Waals surface area contributed by atoms with Gasteiger partial charge in [0.15, 0.2) is 11.6 Å². The average molecular weight is 735 g/mol. The number of hydrogen-bond donors (Lipinski definition) is 1. The highest BCUT2D eigenvalue weighted by Gasteiger charge is 2.35. The fourth-order valence-electron chi connectivity index (χ4n) is 6.97. The number of nitrogens with one attached hydrogen (secondary N) is 1. The first kappa shape index (κ1) is 35.7. The topological polar surface area (TPSA) is 146 Å². The molecule has 274 valence electrons. The van der Waals surface area contributed by atoms with Gasteiger partial charge in [0.25, 0.3) is 0 Å². The molecule has 4 aromatic rings. The van der Waals surface area contributed by atoms with Gasteiger partial charge in [-0.2, -0.15) is 5.26 Å². The molecular formula is C36H40F2N8O5S. The summed E-state index contributed by atoms with van der Waals surface area (Å²) in [4.78, 5) is 45.0. The molecule has 16 heteroatoms. The SMILES string of the molecule is CC(C)(C)OC(=O)Nc1sc2c(F)cnc(-c3c4c(c5cnc(N6CC[C@@H](N7CCN(C(=O)OC(C)(C)C)CC7)C6)nc5c3F)COC4)c2c1C#N. The summed E-state index contributed by atoms with van der Waals surface area (Å²) in [6, 6.07) is 2.27. The molecule has 2 amide bonds. The molecule has 1 atom stereocenters. The lowest BCUT2D eigenvalue weighted by Gasteiger charge is -2.38. The molecule has 0 radical (unpaired) electrons. The molecule has 3 aromatic heterocycles. The Morgan fingerprint density at radius 3 is 2.40 bits per heavy atom. The predicted molar refractivity (Wildman–Crippen MR) is 191 cm³/mol. The van der Waals surface area contributed by atoms with Crippen LogP contribution in [0.1, 0.15) is 64.7 Å². The Balaban J connectivity index is 1.20. The fraction of sp³-hybridized carbons (Fsp3) is 0.500. The van der Waals surface area contributed by atoms with Crippen molar-refractivity contribution in [2.24, 2.45) is 0 Å². The largest absolute Gasteiger partial charge is 0.444 e. The van der Waals surface area contributed by atoms with Gasteiger partial charge < -0.3 is 24.0 Å². The summed E-state index contributed by atoms with van der Waals surface area (Å²) in [5.74, 6) is -1.03. The monoisotopic (exact) mass is 734 g/mol. The van der Waals surface area contributed by atoms with Gasteiger partial charge in [-0.15, -0.1) is 11.3 Å². The standard InChI is InChI=1S/C36H40F2N8O5S/c1-35(2,3)50-33(47)43-31-20(13-39)26-29(40-15-24(37)30(26)52-31)25-23-18-49-17-22(23)21-14-41-32(42-28(21)27(25)38)46-8-7-19(16-46)44-9-11-45(12-10-44)34(48)51-36(4,5)6/h14-15,19H,7-12,16-18H2,1-6H3,(H,43,47)/t19-/m1/s1. The Morgan fingerprint density at radius 2 is 1.71 bits per heavy atom. The molecule has 2 fully saturated rings. The number of amides is 2. The van der Waals surface area contributed by atoms with Gasteiger partial charge in [-0.1, -0.05) is 0 Å². The van der Waals surface area contributed by atoms with E-state index in [-0.39, 0.29) is 62.8 Å². The quantitative estimate of drug-likeness (QED) is 0.243. The van der Waals surface area contributed by atoms with Crippen molar-refractivity contribution in [2.45, 2.75) is 78.4 Å². The normalized spacial score (nSPS) is 18.2. The van der Waals surface area contributed by atoms with Crippen molar-refractivity contribution in [2.75, 3.05) is 49.5 Å². The predicted octanol–water partition coefficient (Wildman–Crippen LogP) is 6.56. The summed E-state index contributed by atoms with van der Waals surface area (Å²) >= 11 is 0.851. The molecule has 6 heterocycles. The Labute approximate surface area is 303 Å². The molecule has 0 bridgehead atoms. The van der Waals surface area contributed by atoms with Crippen molar-refractivity contribution in [1.82, 2.24) is 24.8 Å². The number of nitriles is 1. The third kappa shape index (κ3) is 6.80. The molecule has 3 aliphatic rings. The lowest BCUT2D eigenvalue weighted by atomic mass is 9.94. The van der Waals surface area contributed by atoms with Crippen molar-refractivity contribution in [3.05, 3.63) is 40.7 Å². The number of benzene rings is 1. The number of halogens is 2. The second-order valence-corrected chi connectivity index (χ2v) is 16.2. The highest BCUT2D eigenvalue weighted by molar-refractivity contribution is 7.23. The van der Waals surface area contributed by atoms with Gasteiger partial charge in [-0.05, 0) is 59.1 Å². The molecule has 13 nitrogen and oxygen atoms in total. The average Bonchev–Trinajstić information content (AvgIpc) is 3.83. The van der Waals surface area contributed by atoms with Crippen molar-refractivity contribution in [1.29, 1.82) is 5.26 Å². The number of hydrogen-bond acceptors (Lipinski definition) is 12. The third-order valence-corrected chi connectivity index (χ3v) is 10.4. The number of anilines is 2. The first-order chi connectivity index (χ1) is 24.6. The van der Waals surface area contributed by atoms with Gasteiger partial charge >= 0.3 is 12.2 Å². The Kier molecular flexibility index (Phi) is 9.16. The molecule has 52 heavy (non-hydrogen) atoms. The molecule has 0 unspecified atom stereocenters. The van der Waals surface area contributed by atoms with Gasteiger partial charge in [0, 0.05) is 67.8 Å². The summed E-state index contributed by atoms with van der Waals surface area (Å²) in [6.07, 6.45) is 2.34. The van der Waals surface area contributed by atoms with Crippen LogP contribution in [0.5, 0.6) is 0 Å². The number of carbonyl (C=O) groups excluding carboxylic acids is 2. The summed E-state index contributed by atoms with van der Waals surface area (Å²) in [6.45, 7) is 14.8. The van der Waals surface area contributed by atoms with E-state index in [1.54, 1.807) is 31.9 Å². The molecule has 7 rings (SSSR count). The Bertz CT molecular complexity index is 2130. The number of nitrogens with zero attached hydrogens (tertiary/aromatic N) is 7. The van der Waals surface area contributed by atoms with Gasteiger partial charge in [0.1, 0.15) is 27.8 Å². The maximum Gasteiger partial charge on any atom is 0.412 e. The van der Waals surface area contributed by atoms with Crippen LogP contribution in [-0.2, 0) is 27.4 Å². The summed E-state index contributed by atoms with van der Waals surface area (Å²) in [5, 5.41) is 13.4. The first-order valence-corrected chi connectivity index (χ1v) is 18.0. The molecule has 1 aromatic carbocycles. The van der Waals surface area contributed by atoms with E-state index >= 15 is 8.78 Å². The maximum absolute atomic E-state index is 17.0. The van der Waals surface area contributed by atoms with Gasteiger partial charge in [0.2, 0.25) is 5.95 Å². The second kappa shape index (κ2) is 13.4. The van der Waals surface area contributed by atoms with E-state index in [2.05, 4.69) is 26.3 Å². The van der Waals surface area contributed by atoms with Crippen LogP contribution >= 0.6 is 11.3 Å². The van der Waals surface area contributed by atoms with Crippen LogP contribution in [0.2, 0.25) is 0 Å². The maximum atomic E-state index is 17.0. The van der Waals surface area contributed by atoms with E-state index in [1.165, 1.54) is 0 Å². The molecule has 0 spiro atoms. The number of fused-ring (bicyclic) bond motifs is 4. The highest BCUT2D eigenvalue weighted by Crippen LogP contribution is 2.46. The summed E-state index contributed by atoms with van der Waals surface area (Å²) in [7, 11) is 0. The lowest BCUT2D eigenvalue weighted by molar-refractivity contribution is 0.0112. The number of piperazine rings is 1. The molecule has 2 saturated heterocycles. The van der Waals surface area contributed by atoms with Gasteiger partial charge in [-0.25, -0.2) is 28.3 Å². The zero-order chi connectivity index (χ0) is 37.1. The van der Waals surface area contributed by atoms with Crippen LogP contribution < -0.4 is 10.2 Å². The smallest absolute Gasteiger partial charge is 0.412 e. The molecular weight excluding hydrogens is 695 g/mol. The van der Waals surface area contributed by atoms with Crippen molar-refractivity contribution >= 4 is 55.5 Å². The fourth-order valence-corrected chi connectivity index (χ4v) is 8.01. The second-order valence-electron chi connectivity index (χ2n) is 15.2. The van der Waals surface area contributed by atoms with E-state index < -0.39 is 28.9 Å². The van der Waals surface area contributed by atoms with Crippen molar-refractivity contribution in [3.8, 4) is 17.3 Å². The van der Waals surface area contributed by atoms with Crippen LogP contribution in [0.25, 0.3) is 32.2 Å². The molecule has 0 aliphatic carbocycles. The first-order valence-electron chi connectivity index (χ1n) is 17.2. The number of aromatic nitrogens is 3. The third-order valence-electron chi connectivity index (χ3n) is 9.25. The van der Waals surface area contributed by atoms with Crippen molar-refractivity contribution in [3.63, 3.8) is 0 Å². The number of rotatable bonds is 4. The molecule has 3 aliphatic heterocycles. The molecule has 0 saturated carbocycles. The minimum Gasteiger partial charge on any atom is -0.444 e. The summed E-state index contributed by atoms with van der Waals surface area (Å²) < 4.78 is 49.0. The highest BCUT2D eigenvalue weighted by atomic mass is 32.1. The van der Waals surface area contributed by atoms with E-state index in [0.717, 1.165) is 24.0 Å². The number of ether oxygens (including phenoxy) is 3. The summed E-state index contributed by atoms with van der Waals surface area (Å²) in [5.41, 5.74) is -0.0226. The Hall–Kier alpha value is -4.72. The zero-order valence-electron chi connectivity index (χ0n) is 29.9.